The van der Waals surface area contributed by atoms with Gasteiger partial charge >= 0.3 is 6.03 Å². The highest BCUT2D eigenvalue weighted by Crippen LogP contribution is 1.25. The number of hydrogen-bond acceptors (Lipinski definition) is 1. The molecule has 3 nitrogen and oxygen atoms in total. The monoisotopic (exact) mass is 66.1 g/mol. The molecular weight excluding hydrogens is 58.0 g/mol. The maximum atomic E-state index is 9.94. The zero-order valence-corrected chi connectivity index (χ0v) is 1.80. The molecule has 0 aromatic carbocycles. The summed E-state index contributed by atoms with van der Waals surface area (Å²) in [4.78, 5) is 9.94. The number of carbonyl (C=O) groups is 1. The summed E-state index contributed by atoms with van der Waals surface area (Å²) < 4.78 is 24.7. The molecule has 0 aliphatic rings. The van der Waals surface area contributed by atoms with Crippen molar-refractivity contribution in [2.24, 2.45) is 11.4 Å². The second-order valence-electron chi connectivity index (χ2n) is 0.283. The van der Waals surface area contributed by atoms with Crippen LogP contribution in [-0.2, 0) is 0 Å². The van der Waals surface area contributed by atoms with Gasteiger partial charge in [-0.15, -0.1) is 0 Å². The lowest BCUT2D eigenvalue weighted by Gasteiger charge is -1.62. The molecule has 0 atom stereocenters. The summed E-state index contributed by atoms with van der Waals surface area (Å²) in [5.74, 6) is 0. The number of primary amides is 2. The third kappa shape index (κ3) is 0.174. The van der Waals surface area contributed by atoms with Crippen molar-refractivity contribution in [2.75, 3.05) is 0 Å². The Balaban J connectivity index is 3.65. The second-order valence-corrected chi connectivity index (χ2v) is 0.283. The predicted molar refractivity (Wildman–Crippen MR) is 13.8 cm³/mol. The fourth-order valence-corrected chi connectivity index (χ4v) is 0. The highest BCUT2D eigenvalue weighted by atomic mass is 16.2. The van der Waals surface area contributed by atoms with E-state index in [4.69, 9.17) is 5.65 Å². The molecule has 0 aromatic heterocycles. The van der Waals surface area contributed by atoms with Crippen LogP contribution in [0.2, 0.25) is 5.65 Å². The summed E-state index contributed by atoms with van der Waals surface area (Å²) in [6.07, 6.45) is 0. The summed E-state index contributed by atoms with van der Waals surface area (Å²) in [5.41, 5.74) is -0.694. The highest BCUT2D eigenvalue weighted by Gasteiger charge is 1.60. The minimum absolute atomic E-state index is 0.347. The van der Waals surface area contributed by atoms with Crippen molar-refractivity contribution in [2.45, 2.75) is 0 Å². The summed E-state index contributed by atoms with van der Waals surface area (Å²) >= 11 is 0. The minimum atomic E-state index is -1.31. The predicted octanol–water partition coefficient (Wildman–Crippen LogP) is -0.976. The molecule has 0 saturated carbocycles. The lowest BCUT2D eigenvalue weighted by atomic mass is 11.4. The third-order valence-electron chi connectivity index (χ3n) is 0. The van der Waals surface area contributed by atoms with Crippen LogP contribution < -0.4 is 11.4 Å². The number of rotatable bonds is 0. The van der Waals surface area contributed by atoms with Crippen LogP contribution in [0.1, 0.15) is 0 Å². The zero-order valence-electron chi connectivity index (χ0n) is 5.80. The molecule has 24 valence electrons. The fourth-order valence-electron chi connectivity index (χ4n) is 0. The summed E-state index contributed by atoms with van der Waals surface area (Å²) in [6, 6.07) is -1.31. The van der Waals surface area contributed by atoms with Crippen LogP contribution in [0, 0.1) is 0 Å². The Morgan fingerprint density at radius 3 is 2.50 bits per heavy atom. The van der Waals surface area contributed by atoms with Gasteiger partial charge in [0.25, 0.3) is 0 Å². The van der Waals surface area contributed by atoms with Crippen molar-refractivity contribution in [3.63, 3.8) is 0 Å². The van der Waals surface area contributed by atoms with E-state index in [1.165, 1.54) is 0 Å². The fraction of sp³-hybridized carbons (Fsp3) is 0. The van der Waals surface area contributed by atoms with Gasteiger partial charge in [-0.1, -0.05) is 0 Å². The molecule has 0 saturated heterocycles. The van der Waals surface area contributed by atoms with Gasteiger partial charge < -0.3 is 11.4 Å². The van der Waals surface area contributed by atoms with Crippen LogP contribution in [-0.4, -0.2) is 6.03 Å². The summed E-state index contributed by atoms with van der Waals surface area (Å²) in [6.45, 7) is 0. The van der Waals surface area contributed by atoms with Gasteiger partial charge in [-0.25, -0.2) is 4.79 Å². The van der Waals surface area contributed by atoms with E-state index in [0.29, 0.717) is 0 Å². The van der Waals surface area contributed by atoms with Crippen molar-refractivity contribution >= 4 is 6.03 Å². The molecule has 0 aliphatic carbocycles. The van der Waals surface area contributed by atoms with Gasteiger partial charge in [0.2, 0.25) is 0 Å². The summed E-state index contributed by atoms with van der Waals surface area (Å²) in [7, 11) is 0. The summed E-state index contributed by atoms with van der Waals surface area (Å²) in [5, 5.41) is 0. The SMILES string of the molecule is [2H][15N]([2H])C(=O)[15N]([2H])[2H]. The van der Waals surface area contributed by atoms with E-state index in [-0.39, 0.29) is 11.4 Å². The normalized spacial score (nSPS) is 18.0. The van der Waals surface area contributed by atoms with Crippen LogP contribution in [0.4, 0.5) is 4.79 Å². The number of urea groups is 1. The number of nitrogens with two attached hydrogens (primary N) is 2. The minimum Gasteiger partial charge on any atom is -0.352 e. The van der Waals surface area contributed by atoms with E-state index in [9.17, 15) is 4.79 Å². The van der Waals surface area contributed by atoms with Gasteiger partial charge in [0, 0.05) is 0 Å². The molecular formula is CH4N2O. The van der Waals surface area contributed by atoms with Crippen molar-refractivity contribution in [3.8, 4) is 0 Å². The van der Waals surface area contributed by atoms with Gasteiger partial charge in [-0.05, 0) is 0 Å². The Morgan fingerprint density at radius 1 is 2.00 bits per heavy atom. The Hall–Kier alpha value is -0.730. The average Bonchev–Trinajstić information content (AvgIpc) is 1.64. The molecule has 4 heavy (non-hydrogen) atoms. The number of hydrogen-bond donors (Lipinski definition) is 2. The molecule has 3 heteroatoms. The molecule has 0 rings (SSSR count). The van der Waals surface area contributed by atoms with E-state index >= 15 is 0 Å². The van der Waals surface area contributed by atoms with Gasteiger partial charge in [-0.3, -0.25) is 0 Å². The van der Waals surface area contributed by atoms with E-state index in [1.807, 2.05) is 0 Å². The lowest BCUT2D eigenvalue weighted by Crippen LogP contribution is -2.18. The van der Waals surface area contributed by atoms with Gasteiger partial charge in [0.1, 0.15) is 0 Å². The van der Waals surface area contributed by atoms with E-state index in [1.54, 1.807) is 0 Å². The van der Waals surface area contributed by atoms with Crippen LogP contribution >= 0.6 is 0 Å². The van der Waals surface area contributed by atoms with Crippen molar-refractivity contribution in [3.05, 3.63) is 0 Å². The van der Waals surface area contributed by atoms with E-state index in [0.717, 1.165) is 0 Å². The topological polar surface area (TPSA) is 69.1 Å². The van der Waals surface area contributed by atoms with Crippen LogP contribution in [0.3, 0.4) is 0 Å². The van der Waals surface area contributed by atoms with Crippen LogP contribution in [0.5, 0.6) is 0 Å². The third-order valence-corrected chi connectivity index (χ3v) is 0. The quantitative estimate of drug-likeness (QED) is 0.351. The molecule has 0 bridgehead atoms. The first-order chi connectivity index (χ1) is 3.55. The van der Waals surface area contributed by atoms with Crippen LogP contribution in [0.15, 0.2) is 0 Å². The molecule has 0 aliphatic heterocycles. The Kier molecular flexibility index (Phi) is 0.0761. The molecule has 4 N–H and O–H groups in total. The zero-order chi connectivity index (χ0) is 6.73. The molecule has 2 amide bonds. The molecule has 0 fully saturated rings. The lowest BCUT2D eigenvalue weighted by molar-refractivity contribution is 0.256. The van der Waals surface area contributed by atoms with Crippen molar-refractivity contribution in [1.82, 2.24) is 0 Å². The molecule has 0 unspecified atom stereocenters. The Morgan fingerprint density at radius 2 is 2.50 bits per heavy atom. The van der Waals surface area contributed by atoms with E-state index in [2.05, 4.69) is 0 Å². The molecule has 0 spiro atoms. The van der Waals surface area contributed by atoms with Gasteiger partial charge in [-0.2, -0.15) is 0 Å². The second kappa shape index (κ2) is 0.711. The number of amides is 2. The van der Waals surface area contributed by atoms with Crippen molar-refractivity contribution < 1.29 is 10.4 Å². The first-order valence-corrected chi connectivity index (χ1v) is 0.651. The number of carbonyl (C=O) groups excluding carboxylic acids is 1. The largest absolute Gasteiger partial charge is 0.352 e. The average molecular weight is 66.1 g/mol. The van der Waals surface area contributed by atoms with Gasteiger partial charge in [0.15, 0.2) is 5.65 Å². The maximum Gasteiger partial charge on any atom is 0.309 e. The van der Waals surface area contributed by atoms with E-state index < -0.39 is 6.03 Å². The van der Waals surface area contributed by atoms with Crippen molar-refractivity contribution in [1.29, 1.82) is 0 Å². The Bertz CT molecular complexity index is 82.0. The van der Waals surface area contributed by atoms with Gasteiger partial charge in [0.05, 0.1) is 0 Å². The maximum absolute atomic E-state index is 9.94. The molecule has 0 heterocycles. The van der Waals surface area contributed by atoms with Crippen LogP contribution in [0.25, 0.3) is 0 Å². The highest BCUT2D eigenvalue weighted by molar-refractivity contribution is 5.69. The first-order valence-electron chi connectivity index (χ1n) is 2.44. The standard InChI is InChI=1S/CH4N2O/c2-1(3)4/h(H4,2,3,4)/i2+1,3+1/hD4. The Labute approximate surface area is 29.4 Å². The molecule has 0 aromatic rings. The first kappa shape index (κ1) is 0.429. The smallest absolute Gasteiger partial charge is 0.309 e. The molecule has 0 radical (unpaired) electrons.